The van der Waals surface area contributed by atoms with E-state index in [9.17, 15) is 19.5 Å². The Hall–Kier alpha value is -4.41. The number of fused-ring (bicyclic) bond motifs is 1. The number of hydrogen-bond donors (Lipinski definition) is 4. The number of ether oxygens (including phenoxy) is 2. The third-order valence-electron chi connectivity index (χ3n) is 7.53. The molecule has 1 aliphatic heterocycles. The predicted octanol–water partition coefficient (Wildman–Crippen LogP) is 4.48. The minimum absolute atomic E-state index is 0.00160. The standard InChI is InChI=1S/C29H35N5O6/c1-4-20(17-13-14-22-23(15-17)40-16-39-22)30-24-25(29(38)34(32-27(24)36)18-9-6-5-7-10-18)31-21-12-8-11-19(26(21)35)28(37)33(2)3/h8,11-15,18,20,30-31,35H,4-7,9-10,16H2,1-3H3,(H,32,36)/t20-/m1/s1. The van der Waals surface area contributed by atoms with E-state index in [0.717, 1.165) is 37.7 Å². The lowest BCUT2D eigenvalue weighted by atomic mass is 9.95. The summed E-state index contributed by atoms with van der Waals surface area (Å²) in [5.41, 5.74) is 0.238. The molecule has 5 rings (SSSR count). The molecular formula is C29H35N5O6. The Balaban J connectivity index is 1.59. The van der Waals surface area contributed by atoms with E-state index in [1.54, 1.807) is 26.2 Å². The Labute approximate surface area is 231 Å². The number of nitrogens with one attached hydrogen (secondary N) is 3. The van der Waals surface area contributed by atoms with Crippen LogP contribution in [0.25, 0.3) is 0 Å². The number of nitrogens with zero attached hydrogens (tertiary/aromatic N) is 2. The highest BCUT2D eigenvalue weighted by Crippen LogP contribution is 2.37. The number of carbonyl (C=O) groups excluding carboxylic acids is 1. The summed E-state index contributed by atoms with van der Waals surface area (Å²) >= 11 is 0. The van der Waals surface area contributed by atoms with Crippen LogP contribution < -0.4 is 31.2 Å². The molecule has 0 saturated heterocycles. The maximum atomic E-state index is 13.9. The zero-order valence-corrected chi connectivity index (χ0v) is 23.0. The molecule has 3 aromatic rings. The minimum Gasteiger partial charge on any atom is -0.505 e. The van der Waals surface area contributed by atoms with Gasteiger partial charge in [-0.3, -0.25) is 19.5 Å². The maximum absolute atomic E-state index is 13.9. The number of benzene rings is 2. The second-order valence-corrected chi connectivity index (χ2v) is 10.4. The maximum Gasteiger partial charge on any atom is 0.291 e. The summed E-state index contributed by atoms with van der Waals surface area (Å²) in [6.07, 6.45) is 5.21. The largest absolute Gasteiger partial charge is 0.505 e. The number of rotatable bonds is 8. The van der Waals surface area contributed by atoms with E-state index >= 15 is 0 Å². The Morgan fingerprint density at radius 1 is 1.10 bits per heavy atom. The Bertz CT molecular complexity index is 1520. The van der Waals surface area contributed by atoms with E-state index in [2.05, 4.69) is 15.7 Å². The molecule has 0 bridgehead atoms. The van der Waals surface area contributed by atoms with Crippen molar-refractivity contribution >= 4 is 23.0 Å². The first kappa shape index (κ1) is 27.2. The van der Waals surface area contributed by atoms with Crippen molar-refractivity contribution in [3.8, 4) is 17.2 Å². The van der Waals surface area contributed by atoms with Crippen LogP contribution in [-0.4, -0.2) is 46.6 Å². The molecule has 0 spiro atoms. The topological polar surface area (TPSA) is 138 Å². The number of para-hydroxylation sites is 1. The molecule has 11 nitrogen and oxygen atoms in total. The molecule has 1 atom stereocenters. The highest BCUT2D eigenvalue weighted by atomic mass is 16.7. The molecule has 1 amide bonds. The highest BCUT2D eigenvalue weighted by Gasteiger charge is 2.26. The Kier molecular flexibility index (Phi) is 7.72. The molecule has 11 heteroatoms. The lowest BCUT2D eigenvalue weighted by Crippen LogP contribution is -2.37. The Morgan fingerprint density at radius 3 is 2.58 bits per heavy atom. The molecule has 0 radical (unpaired) electrons. The number of amides is 1. The van der Waals surface area contributed by atoms with Crippen LogP contribution in [0.15, 0.2) is 46.0 Å². The molecule has 1 aromatic heterocycles. The van der Waals surface area contributed by atoms with Crippen LogP contribution in [0.5, 0.6) is 17.2 Å². The quantitative estimate of drug-likeness (QED) is 0.302. The van der Waals surface area contributed by atoms with Gasteiger partial charge < -0.3 is 30.1 Å². The third-order valence-corrected chi connectivity index (χ3v) is 7.53. The monoisotopic (exact) mass is 549 g/mol. The normalized spacial score (nSPS) is 15.5. The summed E-state index contributed by atoms with van der Waals surface area (Å²) in [4.78, 5) is 41.5. The summed E-state index contributed by atoms with van der Waals surface area (Å²) in [6, 6.07) is 9.78. The number of aromatic nitrogens is 2. The molecule has 212 valence electrons. The van der Waals surface area contributed by atoms with E-state index in [0.29, 0.717) is 17.9 Å². The van der Waals surface area contributed by atoms with Crippen molar-refractivity contribution in [3.63, 3.8) is 0 Å². The van der Waals surface area contributed by atoms with Crippen molar-refractivity contribution in [3.05, 3.63) is 68.2 Å². The van der Waals surface area contributed by atoms with Gasteiger partial charge in [0.05, 0.1) is 23.3 Å². The van der Waals surface area contributed by atoms with Gasteiger partial charge in [-0.15, -0.1) is 0 Å². The first-order valence-electron chi connectivity index (χ1n) is 13.6. The molecule has 2 aromatic carbocycles. The molecule has 0 unspecified atom stereocenters. The molecule has 4 N–H and O–H groups in total. The van der Waals surface area contributed by atoms with E-state index in [4.69, 9.17) is 9.47 Å². The minimum atomic E-state index is -0.466. The number of carbonyl (C=O) groups is 1. The summed E-state index contributed by atoms with van der Waals surface area (Å²) < 4.78 is 12.4. The van der Waals surface area contributed by atoms with Gasteiger partial charge in [0.2, 0.25) is 6.79 Å². The number of phenolic OH excluding ortho intramolecular Hbond substituents is 1. The van der Waals surface area contributed by atoms with Crippen LogP contribution in [0.2, 0.25) is 0 Å². The SMILES string of the molecule is CC[C@@H](Nc1c(Nc2cccc(C(=O)N(C)C)c2O)c(=O)n(C2CCCCC2)[nH]c1=O)c1ccc2c(c1)OCO2. The van der Waals surface area contributed by atoms with Gasteiger partial charge >= 0.3 is 0 Å². The zero-order chi connectivity index (χ0) is 28.4. The zero-order valence-electron chi connectivity index (χ0n) is 23.0. The van der Waals surface area contributed by atoms with E-state index in [1.807, 2.05) is 25.1 Å². The second-order valence-electron chi connectivity index (χ2n) is 10.4. The van der Waals surface area contributed by atoms with Crippen LogP contribution >= 0.6 is 0 Å². The third kappa shape index (κ3) is 5.23. The van der Waals surface area contributed by atoms with Gasteiger partial charge in [-0.2, -0.15) is 0 Å². The number of anilines is 3. The number of aromatic amines is 1. The van der Waals surface area contributed by atoms with Crippen molar-refractivity contribution in [2.24, 2.45) is 0 Å². The van der Waals surface area contributed by atoms with Gasteiger partial charge in [0.1, 0.15) is 11.4 Å². The van der Waals surface area contributed by atoms with E-state index < -0.39 is 11.1 Å². The fourth-order valence-corrected chi connectivity index (χ4v) is 5.32. The van der Waals surface area contributed by atoms with E-state index in [-0.39, 0.29) is 53.2 Å². The molecule has 1 fully saturated rings. The van der Waals surface area contributed by atoms with Gasteiger partial charge in [-0.25, -0.2) is 4.68 Å². The smallest absolute Gasteiger partial charge is 0.291 e. The van der Waals surface area contributed by atoms with Crippen LogP contribution in [0.3, 0.4) is 0 Å². The first-order chi connectivity index (χ1) is 19.3. The Morgan fingerprint density at radius 2 is 1.85 bits per heavy atom. The predicted molar refractivity (Wildman–Crippen MR) is 152 cm³/mol. The second kappa shape index (κ2) is 11.4. The fraction of sp³-hybridized carbons (Fsp3) is 0.414. The molecular weight excluding hydrogens is 514 g/mol. The van der Waals surface area contributed by atoms with Gasteiger partial charge in [0.25, 0.3) is 17.0 Å². The number of hydrogen-bond acceptors (Lipinski definition) is 8. The van der Waals surface area contributed by atoms with Crippen LogP contribution in [0.1, 0.15) is 73.5 Å². The van der Waals surface area contributed by atoms with Crippen molar-refractivity contribution < 1.29 is 19.4 Å². The van der Waals surface area contributed by atoms with Gasteiger partial charge in [-0.1, -0.05) is 38.3 Å². The molecule has 1 saturated carbocycles. The number of aromatic hydroxyl groups is 1. The first-order valence-corrected chi connectivity index (χ1v) is 13.6. The molecule has 2 aliphatic rings. The lowest BCUT2D eigenvalue weighted by Gasteiger charge is -2.26. The summed E-state index contributed by atoms with van der Waals surface area (Å²) in [5, 5.41) is 20.1. The van der Waals surface area contributed by atoms with Gasteiger partial charge in [0, 0.05) is 14.1 Å². The van der Waals surface area contributed by atoms with Crippen molar-refractivity contribution in [1.82, 2.24) is 14.7 Å². The van der Waals surface area contributed by atoms with Crippen molar-refractivity contribution in [2.75, 3.05) is 31.5 Å². The average Bonchev–Trinajstić information content (AvgIpc) is 3.43. The molecule has 2 heterocycles. The summed E-state index contributed by atoms with van der Waals surface area (Å²) in [7, 11) is 3.18. The summed E-state index contributed by atoms with van der Waals surface area (Å²) in [5.74, 6) is 0.569. The highest BCUT2D eigenvalue weighted by molar-refractivity contribution is 5.98. The number of H-pyrrole nitrogens is 1. The van der Waals surface area contributed by atoms with Crippen LogP contribution in [0.4, 0.5) is 17.1 Å². The fourth-order valence-electron chi connectivity index (χ4n) is 5.32. The van der Waals surface area contributed by atoms with Crippen molar-refractivity contribution in [2.45, 2.75) is 57.5 Å². The summed E-state index contributed by atoms with van der Waals surface area (Å²) in [6.45, 7) is 2.12. The van der Waals surface area contributed by atoms with Crippen molar-refractivity contribution in [1.29, 1.82) is 0 Å². The van der Waals surface area contributed by atoms with Crippen LogP contribution in [0, 0.1) is 0 Å². The van der Waals surface area contributed by atoms with E-state index in [1.165, 1.54) is 15.6 Å². The van der Waals surface area contributed by atoms with Gasteiger partial charge in [-0.05, 0) is 49.1 Å². The lowest BCUT2D eigenvalue weighted by molar-refractivity contribution is 0.0824. The number of phenols is 1. The van der Waals surface area contributed by atoms with Crippen LogP contribution in [-0.2, 0) is 0 Å². The molecule has 1 aliphatic carbocycles. The average molecular weight is 550 g/mol. The molecule has 40 heavy (non-hydrogen) atoms. The van der Waals surface area contributed by atoms with Gasteiger partial charge in [0.15, 0.2) is 17.2 Å².